The minimum atomic E-state index is -2.67. The molecule has 0 aliphatic rings. The largest absolute Gasteiger partial charge is 0.805 e. The highest BCUT2D eigenvalue weighted by molar-refractivity contribution is 7.34. The van der Waals surface area contributed by atoms with Crippen LogP contribution in [-0.4, -0.2) is 22.0 Å². The maximum Gasteiger partial charge on any atom is 0.805 e. The molecule has 0 saturated heterocycles. The number of aromatic hydroxyl groups is 2. The molecule has 38 heavy (non-hydrogen) atoms. The normalized spacial score (nSPS) is 10.3. The second kappa shape index (κ2) is 11.2. The third-order valence-corrected chi connectivity index (χ3v) is 5.84. The van der Waals surface area contributed by atoms with E-state index in [-0.39, 0.29) is 45.5 Å². The average molecular weight is 533 g/mol. The summed E-state index contributed by atoms with van der Waals surface area (Å²) in [7, 11) is -2.67. The molecule has 0 aliphatic carbocycles. The second-order valence-corrected chi connectivity index (χ2v) is 8.73. The van der Waals surface area contributed by atoms with Crippen molar-refractivity contribution >= 4 is 42.8 Å². The van der Waals surface area contributed by atoms with Gasteiger partial charge in [0.05, 0.1) is 11.4 Å². The molecule has 0 fully saturated rings. The molecule has 0 unspecified atom stereocenters. The van der Waals surface area contributed by atoms with E-state index in [4.69, 9.17) is 20.5 Å². The van der Waals surface area contributed by atoms with Crippen molar-refractivity contribution in [1.82, 2.24) is 0 Å². The number of hydrogen-bond acceptors (Lipinski definition) is 9. The van der Waals surface area contributed by atoms with Gasteiger partial charge >= 0.3 is 8.25 Å². The molecule has 11 nitrogen and oxygen atoms in total. The number of hydrogen-bond donors (Lipinski definition) is 6. The summed E-state index contributed by atoms with van der Waals surface area (Å²) in [5, 5.41) is 24.4. The summed E-state index contributed by atoms with van der Waals surface area (Å²) in [5.41, 5.74) is 12.6. The standard InChI is InChI=1S/C26H21N4O7P/c27-21-11-15(7-9-23(21)31)25(33)29-17-3-1-5-19(13-17)36-38(35)37-20-6-2-4-18(14-20)30-26(34)16-8-10-24(32)22(28)12-16/h1-14H,27-28H2,(H3-,29,30,31,32,33,34)/p+1. The SMILES string of the molecule is Nc1cc(C(=O)Nc2cccc(O[P+](=O)Oc3cccc(NC(=O)c4ccc(O)c(N)c4)c3)c2)ccc1O. The fourth-order valence-corrected chi connectivity index (χ4v) is 3.86. The number of nitrogens with two attached hydrogens (primary N) is 2. The molecule has 0 spiro atoms. The molecule has 0 atom stereocenters. The fraction of sp³-hybridized carbons (Fsp3) is 0. The molecule has 12 heteroatoms. The summed E-state index contributed by atoms with van der Waals surface area (Å²) < 4.78 is 23.2. The van der Waals surface area contributed by atoms with Gasteiger partial charge in [-0.1, -0.05) is 12.1 Å². The van der Waals surface area contributed by atoms with Crippen LogP contribution >= 0.6 is 8.25 Å². The molecular weight excluding hydrogens is 511 g/mol. The molecule has 0 bridgehead atoms. The van der Waals surface area contributed by atoms with Crippen LogP contribution in [0.4, 0.5) is 22.7 Å². The van der Waals surface area contributed by atoms with Crippen LogP contribution in [0.5, 0.6) is 23.0 Å². The number of rotatable bonds is 8. The summed E-state index contributed by atoms with van der Waals surface area (Å²) >= 11 is 0. The number of carbonyl (C=O) groups excluding carboxylic acids is 2. The average Bonchev–Trinajstić information content (AvgIpc) is 2.87. The van der Waals surface area contributed by atoms with Gasteiger partial charge in [0, 0.05) is 39.2 Å². The van der Waals surface area contributed by atoms with Crippen LogP contribution in [0.25, 0.3) is 0 Å². The van der Waals surface area contributed by atoms with Crippen molar-refractivity contribution in [3.05, 3.63) is 96.1 Å². The molecule has 0 aliphatic heterocycles. The molecule has 4 rings (SSSR count). The maximum absolute atomic E-state index is 12.5. The molecule has 0 aromatic heterocycles. The summed E-state index contributed by atoms with van der Waals surface area (Å²) in [6.07, 6.45) is 0. The zero-order valence-electron chi connectivity index (χ0n) is 19.6. The Labute approximate surface area is 217 Å². The zero-order chi connectivity index (χ0) is 27.2. The smallest absolute Gasteiger partial charge is 0.506 e. The van der Waals surface area contributed by atoms with E-state index in [0.29, 0.717) is 11.4 Å². The number of amides is 2. The Kier molecular flexibility index (Phi) is 7.60. The van der Waals surface area contributed by atoms with Gasteiger partial charge in [-0.25, -0.2) is 9.05 Å². The minimum Gasteiger partial charge on any atom is -0.506 e. The van der Waals surface area contributed by atoms with Gasteiger partial charge in [-0.15, -0.1) is 0 Å². The molecule has 4 aromatic rings. The molecule has 8 N–H and O–H groups in total. The lowest BCUT2D eigenvalue weighted by Gasteiger charge is -2.07. The highest BCUT2D eigenvalue weighted by Gasteiger charge is 2.25. The quantitative estimate of drug-likeness (QED) is 0.104. The number of nitrogen functional groups attached to an aromatic ring is 2. The Morgan fingerprint density at radius 2 is 1.08 bits per heavy atom. The number of benzene rings is 4. The first-order chi connectivity index (χ1) is 18.2. The van der Waals surface area contributed by atoms with Gasteiger partial charge in [-0.05, 0) is 60.7 Å². The third kappa shape index (κ3) is 6.48. The molecule has 4 aromatic carbocycles. The number of phenolic OH excluding ortho intramolecular Hbond substituents is 2. The first kappa shape index (κ1) is 25.8. The fourth-order valence-electron chi connectivity index (χ4n) is 3.25. The number of anilines is 4. The highest BCUT2D eigenvalue weighted by Crippen LogP contribution is 2.33. The molecule has 2 amide bonds. The monoisotopic (exact) mass is 533 g/mol. The van der Waals surface area contributed by atoms with Crippen LogP contribution in [0.1, 0.15) is 20.7 Å². The lowest BCUT2D eigenvalue weighted by molar-refractivity contribution is 0.101. The predicted molar refractivity (Wildman–Crippen MR) is 143 cm³/mol. The number of nitrogens with one attached hydrogen (secondary N) is 2. The van der Waals surface area contributed by atoms with E-state index >= 15 is 0 Å². The van der Waals surface area contributed by atoms with E-state index in [2.05, 4.69) is 10.6 Å². The highest BCUT2D eigenvalue weighted by atomic mass is 31.1. The van der Waals surface area contributed by atoms with Crippen molar-refractivity contribution in [2.45, 2.75) is 0 Å². The van der Waals surface area contributed by atoms with E-state index < -0.39 is 20.1 Å². The number of phenols is 2. The van der Waals surface area contributed by atoms with Gasteiger partial charge in [0.15, 0.2) is 11.5 Å². The second-order valence-electron chi connectivity index (χ2n) is 7.92. The maximum atomic E-state index is 12.5. The van der Waals surface area contributed by atoms with Gasteiger partial charge in [-0.2, -0.15) is 0 Å². The predicted octanol–water partition coefficient (Wildman–Crippen LogP) is 4.88. The molecule has 0 radical (unpaired) electrons. The Morgan fingerprint density at radius 1 is 0.658 bits per heavy atom. The van der Waals surface area contributed by atoms with Crippen molar-refractivity contribution < 1.29 is 33.4 Å². The lowest BCUT2D eigenvalue weighted by Crippen LogP contribution is -2.12. The van der Waals surface area contributed by atoms with E-state index in [1.165, 1.54) is 60.7 Å². The van der Waals surface area contributed by atoms with Crippen molar-refractivity contribution in [2.24, 2.45) is 0 Å². The van der Waals surface area contributed by atoms with Crippen molar-refractivity contribution in [3.63, 3.8) is 0 Å². The Bertz CT molecular complexity index is 1430. The van der Waals surface area contributed by atoms with Crippen LogP contribution < -0.4 is 31.1 Å². The Balaban J connectivity index is 1.36. The first-order valence-corrected chi connectivity index (χ1v) is 12.1. The zero-order valence-corrected chi connectivity index (χ0v) is 20.5. The van der Waals surface area contributed by atoms with Crippen LogP contribution in [0.2, 0.25) is 0 Å². The van der Waals surface area contributed by atoms with Crippen molar-refractivity contribution in [2.75, 3.05) is 22.1 Å². The van der Waals surface area contributed by atoms with E-state index in [0.717, 1.165) is 0 Å². The third-order valence-electron chi connectivity index (χ3n) is 5.12. The Morgan fingerprint density at radius 3 is 1.47 bits per heavy atom. The first-order valence-electron chi connectivity index (χ1n) is 11.0. The van der Waals surface area contributed by atoms with Crippen molar-refractivity contribution in [1.29, 1.82) is 0 Å². The summed E-state index contributed by atoms with van der Waals surface area (Å²) in [4.78, 5) is 24.9. The van der Waals surface area contributed by atoms with E-state index in [1.54, 1.807) is 24.3 Å². The van der Waals surface area contributed by atoms with Crippen LogP contribution in [0.15, 0.2) is 84.9 Å². The topological polar surface area (TPSA) is 186 Å². The van der Waals surface area contributed by atoms with E-state index in [9.17, 15) is 24.4 Å². The van der Waals surface area contributed by atoms with Gasteiger partial charge in [0.25, 0.3) is 11.8 Å². The Hall–Kier alpha value is -5.28. The minimum absolute atomic E-state index is 0.0672. The summed E-state index contributed by atoms with van der Waals surface area (Å²) in [5.74, 6) is -0.855. The molecular formula is C26H22N4O7P+. The molecule has 192 valence electrons. The summed E-state index contributed by atoms with van der Waals surface area (Å²) in [6, 6.07) is 20.5. The van der Waals surface area contributed by atoms with Gasteiger partial charge in [0.1, 0.15) is 11.5 Å². The van der Waals surface area contributed by atoms with Crippen LogP contribution in [-0.2, 0) is 4.57 Å². The lowest BCUT2D eigenvalue weighted by atomic mass is 10.1. The van der Waals surface area contributed by atoms with Crippen LogP contribution in [0, 0.1) is 0 Å². The van der Waals surface area contributed by atoms with Gasteiger partial charge in [0.2, 0.25) is 0 Å². The van der Waals surface area contributed by atoms with E-state index in [1.807, 2.05) is 0 Å². The molecule has 0 saturated carbocycles. The van der Waals surface area contributed by atoms with Gasteiger partial charge in [-0.3, -0.25) is 9.59 Å². The van der Waals surface area contributed by atoms with Gasteiger partial charge < -0.3 is 32.3 Å². The summed E-state index contributed by atoms with van der Waals surface area (Å²) in [6.45, 7) is 0. The van der Waals surface area contributed by atoms with Crippen molar-refractivity contribution in [3.8, 4) is 23.0 Å². The van der Waals surface area contributed by atoms with Crippen LogP contribution in [0.3, 0.4) is 0 Å². The number of carbonyl (C=O) groups is 2. The molecule has 0 heterocycles.